The average Bonchev–Trinajstić information content (AvgIpc) is 2.84. The van der Waals surface area contributed by atoms with Crippen LogP contribution in [0.2, 0.25) is 5.02 Å². The highest BCUT2D eigenvalue weighted by Crippen LogP contribution is 2.23. The van der Waals surface area contributed by atoms with Crippen LogP contribution in [0.25, 0.3) is 0 Å². The Hall–Kier alpha value is -1.75. The monoisotopic (exact) mass is 366 g/mol. The number of halogens is 1. The van der Waals surface area contributed by atoms with E-state index < -0.39 is 0 Å². The van der Waals surface area contributed by atoms with Gasteiger partial charge in [-0.3, -0.25) is 4.79 Å². The van der Waals surface area contributed by atoms with Gasteiger partial charge in [0, 0.05) is 23.3 Å². The second-order valence-corrected chi connectivity index (χ2v) is 6.77. The number of urea groups is 1. The topological polar surface area (TPSA) is 58.6 Å². The van der Waals surface area contributed by atoms with Crippen molar-refractivity contribution in [2.45, 2.75) is 57.9 Å². The number of carbonyl (C=O) groups excluding carboxylic acids is 2. The molecular formula is C19H27ClN2O3. The SMILES string of the molecule is CCOC(=O)CCN(C(=O)Nc1cccc(Cl)c1)C1CCCCCC1. The first-order valence-electron chi connectivity index (χ1n) is 9.09. The molecular weight excluding hydrogens is 340 g/mol. The van der Waals surface area contributed by atoms with Crippen molar-refractivity contribution in [2.24, 2.45) is 0 Å². The molecule has 1 aromatic carbocycles. The molecule has 0 radical (unpaired) electrons. The summed E-state index contributed by atoms with van der Waals surface area (Å²) in [6.07, 6.45) is 6.82. The van der Waals surface area contributed by atoms with Crippen molar-refractivity contribution in [3.63, 3.8) is 0 Å². The van der Waals surface area contributed by atoms with Crippen molar-refractivity contribution in [1.82, 2.24) is 4.90 Å². The normalized spacial score (nSPS) is 15.3. The summed E-state index contributed by atoms with van der Waals surface area (Å²) in [6, 6.07) is 7.07. The molecule has 2 rings (SSSR count). The molecule has 0 aliphatic heterocycles. The number of carbonyl (C=O) groups is 2. The predicted molar refractivity (Wildman–Crippen MR) is 99.9 cm³/mol. The van der Waals surface area contributed by atoms with Crippen LogP contribution in [0.3, 0.4) is 0 Å². The van der Waals surface area contributed by atoms with Crippen molar-refractivity contribution >= 4 is 29.3 Å². The van der Waals surface area contributed by atoms with Crippen LogP contribution >= 0.6 is 11.6 Å². The summed E-state index contributed by atoms with van der Waals surface area (Å²) in [6.45, 7) is 2.51. The molecule has 0 bridgehead atoms. The number of benzene rings is 1. The molecule has 1 saturated carbocycles. The van der Waals surface area contributed by atoms with Crippen LogP contribution in [0.1, 0.15) is 51.9 Å². The zero-order valence-corrected chi connectivity index (χ0v) is 15.6. The molecule has 0 saturated heterocycles. The number of esters is 1. The van der Waals surface area contributed by atoms with E-state index in [1.165, 1.54) is 12.8 Å². The Labute approximate surface area is 154 Å². The van der Waals surface area contributed by atoms with Crippen LogP contribution in [0.15, 0.2) is 24.3 Å². The van der Waals surface area contributed by atoms with E-state index in [-0.39, 0.29) is 24.5 Å². The summed E-state index contributed by atoms with van der Waals surface area (Å²) in [7, 11) is 0. The molecule has 0 spiro atoms. The van der Waals surface area contributed by atoms with Gasteiger partial charge in [-0.2, -0.15) is 0 Å². The van der Waals surface area contributed by atoms with Crippen LogP contribution in [-0.2, 0) is 9.53 Å². The number of rotatable bonds is 6. The number of anilines is 1. The van der Waals surface area contributed by atoms with E-state index in [1.54, 1.807) is 36.1 Å². The van der Waals surface area contributed by atoms with Gasteiger partial charge in [0.25, 0.3) is 0 Å². The number of amides is 2. The Bertz CT molecular complexity index is 572. The van der Waals surface area contributed by atoms with Gasteiger partial charge in [-0.25, -0.2) is 4.79 Å². The molecule has 138 valence electrons. The maximum absolute atomic E-state index is 12.8. The second-order valence-electron chi connectivity index (χ2n) is 6.33. The lowest BCUT2D eigenvalue weighted by atomic mass is 10.1. The molecule has 25 heavy (non-hydrogen) atoms. The highest BCUT2D eigenvalue weighted by molar-refractivity contribution is 6.30. The second kappa shape index (κ2) is 10.3. The zero-order valence-electron chi connectivity index (χ0n) is 14.8. The minimum absolute atomic E-state index is 0.163. The number of nitrogens with zero attached hydrogens (tertiary/aromatic N) is 1. The van der Waals surface area contributed by atoms with Crippen molar-refractivity contribution in [3.8, 4) is 0 Å². The van der Waals surface area contributed by atoms with Crippen molar-refractivity contribution < 1.29 is 14.3 Å². The summed E-state index contributed by atoms with van der Waals surface area (Å²) in [4.78, 5) is 26.3. The fourth-order valence-corrected chi connectivity index (χ4v) is 3.42. The maximum atomic E-state index is 12.8. The fraction of sp³-hybridized carbons (Fsp3) is 0.579. The predicted octanol–water partition coefficient (Wildman–Crippen LogP) is 4.85. The Morgan fingerprint density at radius 1 is 1.24 bits per heavy atom. The first kappa shape index (κ1) is 19.6. The molecule has 1 N–H and O–H groups in total. The zero-order chi connectivity index (χ0) is 18.1. The minimum Gasteiger partial charge on any atom is -0.466 e. The lowest BCUT2D eigenvalue weighted by Gasteiger charge is -2.31. The standard InChI is InChI=1S/C19H27ClN2O3/c1-2-25-18(23)12-13-22(17-10-5-3-4-6-11-17)19(24)21-16-9-7-8-15(20)14-16/h7-9,14,17H,2-6,10-13H2,1H3,(H,21,24). The maximum Gasteiger partial charge on any atom is 0.322 e. The van der Waals surface area contributed by atoms with Gasteiger partial charge in [-0.1, -0.05) is 43.4 Å². The highest BCUT2D eigenvalue weighted by atomic mass is 35.5. The Kier molecular flexibility index (Phi) is 8.06. The van der Waals surface area contributed by atoms with Gasteiger partial charge in [0.15, 0.2) is 0 Å². The molecule has 1 aliphatic rings. The van der Waals surface area contributed by atoms with Gasteiger partial charge in [0.2, 0.25) is 0 Å². The molecule has 1 fully saturated rings. The van der Waals surface area contributed by atoms with Gasteiger partial charge in [-0.15, -0.1) is 0 Å². The van der Waals surface area contributed by atoms with E-state index in [0.29, 0.717) is 23.9 Å². The summed E-state index contributed by atoms with van der Waals surface area (Å²) in [5, 5.41) is 3.48. The molecule has 2 amide bonds. The lowest BCUT2D eigenvalue weighted by molar-refractivity contribution is -0.143. The summed E-state index contributed by atoms with van der Waals surface area (Å²) in [5.74, 6) is -0.267. The minimum atomic E-state index is -0.267. The van der Waals surface area contributed by atoms with Crippen molar-refractivity contribution in [3.05, 3.63) is 29.3 Å². The van der Waals surface area contributed by atoms with Gasteiger partial charge in [0.1, 0.15) is 0 Å². The fourth-order valence-electron chi connectivity index (χ4n) is 3.23. The molecule has 0 unspecified atom stereocenters. The molecule has 5 nitrogen and oxygen atoms in total. The van der Waals surface area contributed by atoms with E-state index in [9.17, 15) is 9.59 Å². The van der Waals surface area contributed by atoms with E-state index in [1.807, 2.05) is 0 Å². The van der Waals surface area contributed by atoms with E-state index >= 15 is 0 Å². The molecule has 0 atom stereocenters. The third-order valence-electron chi connectivity index (χ3n) is 4.46. The molecule has 1 aromatic rings. The molecule has 6 heteroatoms. The van der Waals surface area contributed by atoms with E-state index in [2.05, 4.69) is 5.32 Å². The molecule has 0 aromatic heterocycles. The Balaban J connectivity index is 2.05. The summed E-state index contributed by atoms with van der Waals surface area (Å²) in [5.41, 5.74) is 0.659. The Morgan fingerprint density at radius 3 is 2.60 bits per heavy atom. The van der Waals surface area contributed by atoms with E-state index in [0.717, 1.165) is 25.7 Å². The lowest BCUT2D eigenvalue weighted by Crippen LogP contribution is -2.44. The van der Waals surface area contributed by atoms with Crippen LogP contribution in [0.4, 0.5) is 10.5 Å². The third-order valence-corrected chi connectivity index (χ3v) is 4.70. The first-order chi connectivity index (χ1) is 12.1. The molecule has 0 heterocycles. The van der Waals surface area contributed by atoms with Gasteiger partial charge >= 0.3 is 12.0 Å². The molecule has 1 aliphatic carbocycles. The smallest absolute Gasteiger partial charge is 0.322 e. The van der Waals surface area contributed by atoms with Crippen molar-refractivity contribution in [1.29, 1.82) is 0 Å². The third kappa shape index (κ3) is 6.58. The number of nitrogens with one attached hydrogen (secondary N) is 1. The Morgan fingerprint density at radius 2 is 1.96 bits per heavy atom. The number of hydrogen-bond donors (Lipinski definition) is 1. The van der Waals surface area contributed by atoms with Gasteiger partial charge in [-0.05, 0) is 38.0 Å². The quantitative estimate of drug-likeness (QED) is 0.578. The van der Waals surface area contributed by atoms with Crippen LogP contribution in [0, 0.1) is 0 Å². The number of ether oxygens (including phenoxy) is 1. The summed E-state index contributed by atoms with van der Waals surface area (Å²) < 4.78 is 5.00. The first-order valence-corrected chi connectivity index (χ1v) is 9.46. The van der Waals surface area contributed by atoms with Gasteiger partial charge < -0.3 is 15.0 Å². The van der Waals surface area contributed by atoms with Crippen LogP contribution in [-0.4, -0.2) is 36.1 Å². The highest BCUT2D eigenvalue weighted by Gasteiger charge is 2.25. The summed E-state index contributed by atoms with van der Waals surface area (Å²) >= 11 is 5.99. The van der Waals surface area contributed by atoms with E-state index in [4.69, 9.17) is 16.3 Å². The van der Waals surface area contributed by atoms with Crippen LogP contribution in [0.5, 0.6) is 0 Å². The van der Waals surface area contributed by atoms with Gasteiger partial charge in [0.05, 0.1) is 13.0 Å². The van der Waals surface area contributed by atoms with Crippen molar-refractivity contribution in [2.75, 3.05) is 18.5 Å². The van der Waals surface area contributed by atoms with Crippen LogP contribution < -0.4 is 5.32 Å². The largest absolute Gasteiger partial charge is 0.466 e. The average molecular weight is 367 g/mol. The number of hydrogen-bond acceptors (Lipinski definition) is 3.